The Labute approximate surface area is 130 Å². The highest BCUT2D eigenvalue weighted by atomic mass is 79.9. The zero-order chi connectivity index (χ0) is 14.5. The summed E-state index contributed by atoms with van der Waals surface area (Å²) in [7, 11) is 0. The first kappa shape index (κ1) is 14.5. The number of terminal acetylenes is 1. The number of nitrogens with zero attached hydrogens (tertiary/aromatic N) is 2. The summed E-state index contributed by atoms with van der Waals surface area (Å²) in [4.78, 5) is 11.8. The van der Waals surface area contributed by atoms with Crippen molar-refractivity contribution >= 4 is 34.9 Å². The molecule has 1 heterocycles. The number of carbonyl (C=O) groups excluding carboxylic acids is 1. The van der Waals surface area contributed by atoms with Crippen molar-refractivity contribution in [3.63, 3.8) is 0 Å². The number of halogens is 1. The Morgan fingerprint density at radius 2 is 2.35 bits per heavy atom. The number of ether oxygens (including phenoxy) is 1. The first-order chi connectivity index (χ1) is 9.65. The zero-order valence-electron chi connectivity index (χ0n) is 10.2. The molecule has 0 aliphatic carbocycles. The third-order valence-electron chi connectivity index (χ3n) is 2.58. The zero-order valence-corrected chi connectivity index (χ0v) is 12.7. The minimum atomic E-state index is -0.291. The van der Waals surface area contributed by atoms with Gasteiger partial charge < -0.3 is 4.74 Å². The van der Waals surface area contributed by atoms with Crippen LogP contribution in [0.15, 0.2) is 30.5 Å². The molecule has 0 atom stereocenters. The molecule has 0 saturated heterocycles. The van der Waals surface area contributed by atoms with Gasteiger partial charge in [-0.25, -0.2) is 4.09 Å². The van der Waals surface area contributed by atoms with E-state index >= 15 is 0 Å². The molecule has 1 N–H and O–H groups in total. The maximum Gasteiger partial charge on any atom is 0.261 e. The monoisotopic (exact) mass is 351 g/mol. The van der Waals surface area contributed by atoms with Gasteiger partial charge in [0.05, 0.1) is 0 Å². The molecule has 1 aromatic carbocycles. The summed E-state index contributed by atoms with van der Waals surface area (Å²) in [6, 6.07) is 6.81. The van der Waals surface area contributed by atoms with Crippen LogP contribution in [0.25, 0.3) is 0 Å². The Kier molecular flexibility index (Phi) is 4.71. The normalized spacial score (nSPS) is 9.85. The third kappa shape index (κ3) is 3.15. The van der Waals surface area contributed by atoms with Crippen LogP contribution in [0.3, 0.4) is 0 Å². The van der Waals surface area contributed by atoms with Crippen molar-refractivity contribution in [2.75, 3.05) is 0 Å². The fourth-order valence-electron chi connectivity index (χ4n) is 1.66. The lowest BCUT2D eigenvalue weighted by Gasteiger charge is -2.10. The molecule has 0 aliphatic rings. The van der Waals surface area contributed by atoms with E-state index in [1.165, 1.54) is 4.09 Å². The molecule has 2 aromatic rings. The Hall–Kier alpha value is -1.91. The fourth-order valence-corrected chi connectivity index (χ4v) is 2.03. The van der Waals surface area contributed by atoms with Gasteiger partial charge in [0.15, 0.2) is 0 Å². The molecule has 1 aromatic heterocycles. The number of carbonyl (C=O) groups is 1. The fraction of sp³-hybridized carbons (Fsp3) is 0.0769. The Bertz CT molecular complexity index is 678. The van der Waals surface area contributed by atoms with Crippen LogP contribution in [0.4, 0.5) is 0 Å². The van der Waals surface area contributed by atoms with Crippen molar-refractivity contribution < 1.29 is 9.53 Å². The minimum Gasteiger partial charge on any atom is -0.472 e. The van der Waals surface area contributed by atoms with Gasteiger partial charge in [-0.05, 0) is 24.9 Å². The molecule has 0 unspecified atom stereocenters. The molecule has 5 nitrogen and oxygen atoms in total. The van der Waals surface area contributed by atoms with Crippen molar-refractivity contribution in [3.8, 4) is 18.2 Å². The van der Waals surface area contributed by atoms with Crippen molar-refractivity contribution in [2.45, 2.75) is 6.61 Å². The first-order valence-corrected chi connectivity index (χ1v) is 6.72. The molecule has 0 radical (unpaired) electrons. The molecule has 0 fully saturated rings. The largest absolute Gasteiger partial charge is 0.472 e. The number of thiol groups is 1. The smallest absolute Gasteiger partial charge is 0.261 e. The van der Waals surface area contributed by atoms with E-state index in [4.69, 9.17) is 11.2 Å². The average Bonchev–Trinajstić information content (AvgIpc) is 2.89. The van der Waals surface area contributed by atoms with E-state index in [0.717, 1.165) is 0 Å². The molecule has 102 valence electrons. The van der Waals surface area contributed by atoms with Crippen LogP contribution >= 0.6 is 29.0 Å². The molecule has 0 saturated carbocycles. The summed E-state index contributed by atoms with van der Waals surface area (Å²) in [5.74, 6) is 2.65. The SMILES string of the molecule is C#Cc1cccc(C(=O)NBr)c1COc1ccn(S)n1. The van der Waals surface area contributed by atoms with Gasteiger partial charge in [-0.2, -0.15) is 0 Å². The van der Waals surface area contributed by atoms with Crippen molar-refractivity contribution in [1.29, 1.82) is 0 Å². The molecule has 0 bridgehead atoms. The maximum absolute atomic E-state index is 11.8. The van der Waals surface area contributed by atoms with Crippen LogP contribution in [-0.4, -0.2) is 15.1 Å². The van der Waals surface area contributed by atoms with Crippen LogP contribution < -0.4 is 9.08 Å². The first-order valence-electron chi connectivity index (χ1n) is 5.53. The van der Waals surface area contributed by atoms with E-state index in [1.807, 2.05) is 0 Å². The highest BCUT2D eigenvalue weighted by Crippen LogP contribution is 2.18. The van der Waals surface area contributed by atoms with Crippen molar-refractivity contribution in [2.24, 2.45) is 0 Å². The second-order valence-electron chi connectivity index (χ2n) is 3.76. The van der Waals surface area contributed by atoms with Gasteiger partial charge in [-0.1, -0.05) is 12.0 Å². The standard InChI is InChI=1S/C13H10BrN3O2S/c1-2-9-4-3-5-10(13(18)15-14)11(9)8-19-12-6-7-17(20)16-12/h1,3-7,20H,8H2,(H,15,18). The van der Waals surface area contributed by atoms with Crippen LogP contribution in [0.1, 0.15) is 21.5 Å². The maximum atomic E-state index is 11.8. The molecule has 0 spiro atoms. The third-order valence-corrected chi connectivity index (χ3v) is 3.16. The van der Waals surface area contributed by atoms with Gasteiger partial charge >= 0.3 is 0 Å². The molecule has 2 rings (SSSR count). The molecule has 1 amide bonds. The van der Waals surface area contributed by atoms with Crippen molar-refractivity contribution in [1.82, 2.24) is 13.5 Å². The predicted octanol–water partition coefficient (Wildman–Crippen LogP) is 2.18. The van der Waals surface area contributed by atoms with E-state index in [2.05, 4.69) is 44.3 Å². The minimum absolute atomic E-state index is 0.140. The average molecular weight is 352 g/mol. The van der Waals surface area contributed by atoms with E-state index in [-0.39, 0.29) is 12.5 Å². The Balaban J connectivity index is 2.29. The highest BCUT2D eigenvalue weighted by Gasteiger charge is 2.14. The van der Waals surface area contributed by atoms with Gasteiger partial charge in [-0.3, -0.25) is 9.14 Å². The summed E-state index contributed by atoms with van der Waals surface area (Å²) in [6.07, 6.45) is 7.09. The quantitative estimate of drug-likeness (QED) is 0.504. The lowest BCUT2D eigenvalue weighted by atomic mass is 10.0. The second-order valence-corrected chi connectivity index (χ2v) is 4.57. The highest BCUT2D eigenvalue weighted by molar-refractivity contribution is 9.08. The van der Waals surface area contributed by atoms with E-state index in [9.17, 15) is 4.79 Å². The van der Waals surface area contributed by atoms with Gasteiger partial charge in [0.25, 0.3) is 5.91 Å². The number of aromatic nitrogens is 2. The number of nitrogens with one attached hydrogen (secondary N) is 1. The van der Waals surface area contributed by atoms with E-state index in [1.54, 1.807) is 30.5 Å². The summed E-state index contributed by atoms with van der Waals surface area (Å²) in [5.41, 5.74) is 1.67. The number of benzene rings is 1. The summed E-state index contributed by atoms with van der Waals surface area (Å²) in [6.45, 7) is 0.140. The van der Waals surface area contributed by atoms with Gasteiger partial charge in [0.2, 0.25) is 5.88 Å². The van der Waals surface area contributed by atoms with Crippen LogP contribution in [0.2, 0.25) is 0 Å². The lowest BCUT2D eigenvalue weighted by Crippen LogP contribution is -2.16. The molecular formula is C13H10BrN3O2S. The van der Waals surface area contributed by atoms with Gasteiger partial charge in [0.1, 0.15) is 6.61 Å². The van der Waals surface area contributed by atoms with Crippen LogP contribution in [0, 0.1) is 12.3 Å². The van der Waals surface area contributed by atoms with Gasteiger partial charge in [0, 0.05) is 45.1 Å². The van der Waals surface area contributed by atoms with Crippen LogP contribution in [0.5, 0.6) is 5.88 Å². The summed E-state index contributed by atoms with van der Waals surface area (Å²) < 4.78 is 9.24. The lowest BCUT2D eigenvalue weighted by molar-refractivity contribution is 0.0984. The van der Waals surface area contributed by atoms with E-state index in [0.29, 0.717) is 22.6 Å². The molecule has 7 heteroatoms. The summed E-state index contributed by atoms with van der Waals surface area (Å²) in [5, 5.41) is 3.97. The number of rotatable bonds is 4. The molecule has 0 aliphatic heterocycles. The Morgan fingerprint density at radius 1 is 1.55 bits per heavy atom. The molecular weight excluding hydrogens is 342 g/mol. The Morgan fingerprint density at radius 3 is 2.95 bits per heavy atom. The van der Waals surface area contributed by atoms with Crippen molar-refractivity contribution in [3.05, 3.63) is 47.2 Å². The predicted molar refractivity (Wildman–Crippen MR) is 81.7 cm³/mol. The topological polar surface area (TPSA) is 56.1 Å². The van der Waals surface area contributed by atoms with Gasteiger partial charge in [-0.15, -0.1) is 11.5 Å². The van der Waals surface area contributed by atoms with Crippen LogP contribution in [-0.2, 0) is 6.61 Å². The number of amides is 1. The number of hydrogen-bond donors (Lipinski definition) is 2. The van der Waals surface area contributed by atoms with E-state index < -0.39 is 0 Å². The second kappa shape index (κ2) is 6.50. The summed E-state index contributed by atoms with van der Waals surface area (Å²) >= 11 is 6.93. The molecule has 20 heavy (non-hydrogen) atoms. The number of hydrogen-bond acceptors (Lipinski definition) is 4.